The summed E-state index contributed by atoms with van der Waals surface area (Å²) in [4.78, 5) is 6.50. The number of pyridine rings is 1. The maximum Gasteiger partial charge on any atom is 0.221 e. The van der Waals surface area contributed by atoms with Crippen LogP contribution in [0.1, 0.15) is 5.56 Å². The third-order valence-corrected chi connectivity index (χ3v) is 3.11. The SMILES string of the molecule is CNc1cccc2c(OCCN(C)C)ncc(C)c12. The van der Waals surface area contributed by atoms with Gasteiger partial charge in [-0.05, 0) is 38.7 Å². The Kier molecular flexibility index (Phi) is 4.22. The monoisotopic (exact) mass is 259 g/mol. The van der Waals surface area contributed by atoms with E-state index in [4.69, 9.17) is 4.74 Å². The first-order valence-corrected chi connectivity index (χ1v) is 6.47. The van der Waals surface area contributed by atoms with E-state index in [-0.39, 0.29) is 0 Å². The number of rotatable bonds is 5. The molecule has 0 saturated heterocycles. The molecule has 102 valence electrons. The highest BCUT2D eigenvalue weighted by molar-refractivity contribution is 5.98. The van der Waals surface area contributed by atoms with Gasteiger partial charge in [0.05, 0.1) is 0 Å². The van der Waals surface area contributed by atoms with Crippen LogP contribution in [0.2, 0.25) is 0 Å². The summed E-state index contributed by atoms with van der Waals surface area (Å²) < 4.78 is 5.80. The molecule has 0 spiro atoms. The summed E-state index contributed by atoms with van der Waals surface area (Å²) in [5.41, 5.74) is 2.26. The van der Waals surface area contributed by atoms with E-state index in [9.17, 15) is 0 Å². The van der Waals surface area contributed by atoms with E-state index in [1.54, 1.807) is 0 Å². The zero-order chi connectivity index (χ0) is 13.8. The van der Waals surface area contributed by atoms with Gasteiger partial charge in [-0.3, -0.25) is 0 Å². The number of anilines is 1. The minimum absolute atomic E-state index is 0.641. The number of aryl methyl sites for hydroxylation is 1. The van der Waals surface area contributed by atoms with Crippen molar-refractivity contribution in [2.45, 2.75) is 6.92 Å². The standard InChI is InChI=1S/C15H21N3O/c1-11-10-17-15(19-9-8-18(3)4)12-6-5-7-13(16-2)14(11)12/h5-7,10,16H,8-9H2,1-4H3. The first kappa shape index (κ1) is 13.6. The second-order valence-corrected chi connectivity index (χ2v) is 4.88. The first-order chi connectivity index (χ1) is 9.13. The molecule has 0 aliphatic heterocycles. The number of benzene rings is 1. The molecule has 0 aliphatic carbocycles. The Morgan fingerprint density at radius 3 is 2.79 bits per heavy atom. The van der Waals surface area contributed by atoms with Gasteiger partial charge >= 0.3 is 0 Å². The summed E-state index contributed by atoms with van der Waals surface area (Å²) in [5.74, 6) is 0.708. The smallest absolute Gasteiger partial charge is 0.221 e. The average molecular weight is 259 g/mol. The molecule has 1 aromatic carbocycles. The van der Waals surface area contributed by atoms with Crippen LogP contribution >= 0.6 is 0 Å². The molecule has 0 fully saturated rings. The Hall–Kier alpha value is -1.81. The summed E-state index contributed by atoms with van der Waals surface area (Å²) >= 11 is 0. The molecular formula is C15H21N3O. The summed E-state index contributed by atoms with van der Waals surface area (Å²) in [7, 11) is 5.99. The number of aromatic nitrogens is 1. The van der Waals surface area contributed by atoms with Gasteiger partial charge < -0.3 is 15.0 Å². The van der Waals surface area contributed by atoms with Gasteiger partial charge in [-0.25, -0.2) is 4.98 Å². The van der Waals surface area contributed by atoms with Crippen LogP contribution in [0.5, 0.6) is 5.88 Å². The second-order valence-electron chi connectivity index (χ2n) is 4.88. The zero-order valence-electron chi connectivity index (χ0n) is 12.0. The van der Waals surface area contributed by atoms with Crippen molar-refractivity contribution in [2.24, 2.45) is 0 Å². The van der Waals surface area contributed by atoms with Gasteiger partial charge in [-0.1, -0.05) is 6.07 Å². The molecule has 0 unspecified atom stereocenters. The molecule has 4 heteroatoms. The third kappa shape index (κ3) is 2.96. The van der Waals surface area contributed by atoms with Crippen molar-refractivity contribution in [1.82, 2.24) is 9.88 Å². The van der Waals surface area contributed by atoms with E-state index in [2.05, 4.69) is 34.3 Å². The Morgan fingerprint density at radius 2 is 2.11 bits per heavy atom. The minimum atomic E-state index is 0.641. The normalized spacial score (nSPS) is 11.0. The molecule has 0 aliphatic rings. The maximum absolute atomic E-state index is 5.80. The van der Waals surface area contributed by atoms with Crippen LogP contribution in [0.4, 0.5) is 5.69 Å². The largest absolute Gasteiger partial charge is 0.476 e. The molecule has 0 atom stereocenters. The molecule has 1 heterocycles. The highest BCUT2D eigenvalue weighted by Crippen LogP contribution is 2.31. The second kappa shape index (κ2) is 5.89. The fourth-order valence-electron chi connectivity index (χ4n) is 2.09. The molecule has 19 heavy (non-hydrogen) atoms. The summed E-state index contributed by atoms with van der Waals surface area (Å²) in [6.45, 7) is 3.59. The highest BCUT2D eigenvalue weighted by Gasteiger charge is 2.09. The molecule has 1 N–H and O–H groups in total. The van der Waals surface area contributed by atoms with Crippen LogP contribution < -0.4 is 10.1 Å². The van der Waals surface area contributed by atoms with Crippen molar-refractivity contribution in [3.63, 3.8) is 0 Å². The van der Waals surface area contributed by atoms with Crippen LogP contribution in [-0.2, 0) is 0 Å². The molecule has 4 nitrogen and oxygen atoms in total. The molecule has 0 amide bonds. The van der Waals surface area contributed by atoms with Crippen molar-refractivity contribution < 1.29 is 4.74 Å². The molecular weight excluding hydrogens is 238 g/mol. The fourth-order valence-corrected chi connectivity index (χ4v) is 2.09. The Balaban J connectivity index is 2.37. The van der Waals surface area contributed by atoms with E-state index in [0.717, 1.165) is 23.2 Å². The maximum atomic E-state index is 5.80. The number of fused-ring (bicyclic) bond motifs is 1. The van der Waals surface area contributed by atoms with Gasteiger partial charge in [0.25, 0.3) is 0 Å². The number of nitrogens with zero attached hydrogens (tertiary/aromatic N) is 2. The lowest BCUT2D eigenvalue weighted by Crippen LogP contribution is -2.19. The molecule has 0 saturated carbocycles. The predicted molar refractivity (Wildman–Crippen MR) is 80.1 cm³/mol. The van der Waals surface area contributed by atoms with Gasteiger partial charge in [-0.15, -0.1) is 0 Å². The van der Waals surface area contributed by atoms with E-state index >= 15 is 0 Å². The predicted octanol–water partition coefficient (Wildman–Crippen LogP) is 2.53. The Labute approximate surface area is 114 Å². The fraction of sp³-hybridized carbons (Fsp3) is 0.400. The highest BCUT2D eigenvalue weighted by atomic mass is 16.5. The third-order valence-electron chi connectivity index (χ3n) is 3.11. The number of hydrogen-bond donors (Lipinski definition) is 1. The molecule has 2 rings (SSSR count). The lowest BCUT2D eigenvalue weighted by atomic mass is 10.1. The van der Waals surface area contributed by atoms with Gasteiger partial charge in [0, 0.05) is 36.2 Å². The first-order valence-electron chi connectivity index (χ1n) is 6.47. The van der Waals surface area contributed by atoms with Crippen LogP contribution in [0.15, 0.2) is 24.4 Å². The van der Waals surface area contributed by atoms with Crippen molar-refractivity contribution >= 4 is 16.5 Å². The Bertz CT molecular complexity index is 567. The van der Waals surface area contributed by atoms with Gasteiger partial charge in [-0.2, -0.15) is 0 Å². The van der Waals surface area contributed by atoms with E-state index in [0.29, 0.717) is 12.5 Å². The molecule has 0 radical (unpaired) electrons. The molecule has 2 aromatic rings. The molecule has 1 aromatic heterocycles. The van der Waals surface area contributed by atoms with Crippen molar-refractivity contribution in [3.8, 4) is 5.88 Å². The van der Waals surface area contributed by atoms with Gasteiger partial charge in [0.2, 0.25) is 5.88 Å². The quantitative estimate of drug-likeness (QED) is 0.895. The summed E-state index contributed by atoms with van der Waals surface area (Å²) in [6.07, 6.45) is 1.87. The van der Waals surface area contributed by atoms with Crippen molar-refractivity contribution in [3.05, 3.63) is 30.0 Å². The van der Waals surface area contributed by atoms with Gasteiger partial charge in [0.15, 0.2) is 0 Å². The van der Waals surface area contributed by atoms with E-state index in [1.165, 1.54) is 5.39 Å². The van der Waals surface area contributed by atoms with Crippen molar-refractivity contribution in [2.75, 3.05) is 39.6 Å². The lowest BCUT2D eigenvalue weighted by molar-refractivity contribution is 0.256. The zero-order valence-corrected chi connectivity index (χ0v) is 12.0. The lowest BCUT2D eigenvalue weighted by Gasteiger charge is -2.14. The van der Waals surface area contributed by atoms with Crippen LogP contribution in [-0.4, -0.2) is 44.2 Å². The number of nitrogens with one attached hydrogen (secondary N) is 1. The topological polar surface area (TPSA) is 37.4 Å². The van der Waals surface area contributed by atoms with Gasteiger partial charge in [0.1, 0.15) is 6.61 Å². The average Bonchev–Trinajstić information content (AvgIpc) is 2.40. The van der Waals surface area contributed by atoms with Crippen LogP contribution in [0, 0.1) is 6.92 Å². The summed E-state index contributed by atoms with van der Waals surface area (Å²) in [6, 6.07) is 6.15. The Morgan fingerprint density at radius 1 is 1.32 bits per heavy atom. The minimum Gasteiger partial charge on any atom is -0.476 e. The van der Waals surface area contributed by atoms with Crippen LogP contribution in [0.3, 0.4) is 0 Å². The van der Waals surface area contributed by atoms with Crippen LogP contribution in [0.25, 0.3) is 10.8 Å². The molecule has 0 bridgehead atoms. The number of ether oxygens (including phenoxy) is 1. The van der Waals surface area contributed by atoms with E-state index < -0.39 is 0 Å². The number of likely N-dealkylation sites (N-methyl/N-ethyl adjacent to an activating group) is 1. The van der Waals surface area contributed by atoms with Crippen molar-refractivity contribution in [1.29, 1.82) is 0 Å². The van der Waals surface area contributed by atoms with E-state index in [1.807, 2.05) is 33.4 Å². The summed E-state index contributed by atoms with van der Waals surface area (Å²) in [5, 5.41) is 5.46. The number of hydrogen-bond acceptors (Lipinski definition) is 4.